The van der Waals surface area contributed by atoms with Crippen molar-refractivity contribution in [1.29, 1.82) is 0 Å². The summed E-state index contributed by atoms with van der Waals surface area (Å²) in [6, 6.07) is 0. The lowest BCUT2D eigenvalue weighted by Gasteiger charge is -2.49. The van der Waals surface area contributed by atoms with Crippen molar-refractivity contribution in [2.75, 3.05) is 13.1 Å². The Balaban J connectivity index is 2.65. The van der Waals surface area contributed by atoms with Crippen LogP contribution in [0.1, 0.15) is 47.5 Å². The standard InChI is InChI=1S/C12H25NO/c1-10-6-8-13(9-7-10)11(2,3)12(4,5)14/h10,14H,6-9H2,1-5H3. The largest absolute Gasteiger partial charge is 0.389 e. The van der Waals surface area contributed by atoms with Crippen molar-refractivity contribution in [2.45, 2.75) is 58.6 Å². The first kappa shape index (κ1) is 12.0. The molecule has 0 spiro atoms. The Morgan fingerprint density at radius 2 is 1.50 bits per heavy atom. The molecular formula is C12H25NO. The highest BCUT2D eigenvalue weighted by atomic mass is 16.3. The number of likely N-dealkylation sites (tertiary alicyclic amines) is 1. The van der Waals surface area contributed by atoms with Crippen molar-refractivity contribution < 1.29 is 5.11 Å². The van der Waals surface area contributed by atoms with Crippen LogP contribution in [0.5, 0.6) is 0 Å². The summed E-state index contributed by atoms with van der Waals surface area (Å²) in [5.74, 6) is 0.851. The third kappa shape index (κ3) is 2.29. The van der Waals surface area contributed by atoms with E-state index in [0.29, 0.717) is 0 Å². The van der Waals surface area contributed by atoms with Gasteiger partial charge in [0.05, 0.1) is 5.60 Å². The van der Waals surface area contributed by atoms with Crippen LogP contribution in [0.2, 0.25) is 0 Å². The molecule has 0 saturated carbocycles. The number of hydrogen-bond donors (Lipinski definition) is 1. The van der Waals surface area contributed by atoms with Gasteiger partial charge in [-0.05, 0) is 59.5 Å². The molecule has 2 nitrogen and oxygen atoms in total. The second-order valence-electron chi connectivity index (χ2n) is 5.79. The van der Waals surface area contributed by atoms with Crippen LogP contribution in [0.4, 0.5) is 0 Å². The lowest BCUT2D eigenvalue weighted by molar-refractivity contribution is -0.0820. The van der Waals surface area contributed by atoms with Gasteiger partial charge >= 0.3 is 0 Å². The van der Waals surface area contributed by atoms with Gasteiger partial charge in [0.1, 0.15) is 0 Å². The summed E-state index contributed by atoms with van der Waals surface area (Å²) in [4.78, 5) is 2.42. The van der Waals surface area contributed by atoms with Crippen molar-refractivity contribution in [3.8, 4) is 0 Å². The van der Waals surface area contributed by atoms with E-state index in [2.05, 4.69) is 25.7 Å². The molecule has 0 amide bonds. The summed E-state index contributed by atoms with van der Waals surface area (Å²) < 4.78 is 0. The predicted molar refractivity (Wildman–Crippen MR) is 60.3 cm³/mol. The Morgan fingerprint density at radius 1 is 1.07 bits per heavy atom. The predicted octanol–water partition coefficient (Wildman–Crippen LogP) is 2.27. The Morgan fingerprint density at radius 3 is 1.86 bits per heavy atom. The molecule has 0 atom stereocenters. The average Bonchev–Trinajstić information content (AvgIpc) is 2.03. The van der Waals surface area contributed by atoms with Crippen molar-refractivity contribution in [2.24, 2.45) is 5.92 Å². The van der Waals surface area contributed by atoms with E-state index in [-0.39, 0.29) is 5.54 Å². The van der Waals surface area contributed by atoms with Crippen molar-refractivity contribution in [3.05, 3.63) is 0 Å². The highest BCUT2D eigenvalue weighted by Crippen LogP contribution is 2.31. The molecule has 0 bridgehead atoms. The number of piperidine rings is 1. The highest BCUT2D eigenvalue weighted by molar-refractivity contribution is 4.96. The second-order valence-corrected chi connectivity index (χ2v) is 5.79. The van der Waals surface area contributed by atoms with E-state index in [1.807, 2.05) is 13.8 Å². The van der Waals surface area contributed by atoms with Crippen LogP contribution in [0.15, 0.2) is 0 Å². The van der Waals surface area contributed by atoms with Gasteiger partial charge in [0.25, 0.3) is 0 Å². The summed E-state index contributed by atoms with van der Waals surface area (Å²) in [7, 11) is 0. The van der Waals surface area contributed by atoms with Crippen LogP contribution in [0.25, 0.3) is 0 Å². The van der Waals surface area contributed by atoms with Crippen LogP contribution < -0.4 is 0 Å². The molecule has 0 aromatic carbocycles. The molecule has 0 aromatic rings. The summed E-state index contributed by atoms with van der Waals surface area (Å²) in [6.45, 7) is 12.7. The average molecular weight is 199 g/mol. The maximum atomic E-state index is 10.1. The molecule has 1 saturated heterocycles. The van der Waals surface area contributed by atoms with E-state index in [0.717, 1.165) is 19.0 Å². The molecular weight excluding hydrogens is 174 g/mol. The van der Waals surface area contributed by atoms with Gasteiger partial charge in [0, 0.05) is 5.54 Å². The monoisotopic (exact) mass is 199 g/mol. The number of nitrogens with zero attached hydrogens (tertiary/aromatic N) is 1. The van der Waals surface area contributed by atoms with E-state index in [4.69, 9.17) is 0 Å². The summed E-state index contributed by atoms with van der Waals surface area (Å²) in [5.41, 5.74) is -0.749. The first-order chi connectivity index (χ1) is 6.25. The summed E-state index contributed by atoms with van der Waals surface area (Å²) in [6.07, 6.45) is 2.53. The maximum absolute atomic E-state index is 10.1. The molecule has 0 radical (unpaired) electrons. The van der Waals surface area contributed by atoms with E-state index in [9.17, 15) is 5.11 Å². The topological polar surface area (TPSA) is 23.5 Å². The fourth-order valence-corrected chi connectivity index (χ4v) is 1.95. The van der Waals surface area contributed by atoms with E-state index >= 15 is 0 Å². The Kier molecular flexibility index (Phi) is 3.27. The molecule has 1 heterocycles. The number of rotatable bonds is 2. The minimum absolute atomic E-state index is 0.118. The lowest BCUT2D eigenvalue weighted by atomic mass is 9.82. The molecule has 1 fully saturated rings. The third-order valence-electron chi connectivity index (χ3n) is 4.07. The number of aliphatic hydroxyl groups is 1. The van der Waals surface area contributed by atoms with Crippen LogP contribution >= 0.6 is 0 Å². The van der Waals surface area contributed by atoms with Crippen LogP contribution in [-0.2, 0) is 0 Å². The summed E-state index contributed by atoms with van der Waals surface area (Å²) >= 11 is 0. The lowest BCUT2D eigenvalue weighted by Crippen LogP contribution is -2.59. The molecule has 1 aliphatic heterocycles. The molecule has 2 heteroatoms. The fourth-order valence-electron chi connectivity index (χ4n) is 1.95. The second kappa shape index (κ2) is 3.82. The van der Waals surface area contributed by atoms with Crippen molar-refractivity contribution >= 4 is 0 Å². The highest BCUT2D eigenvalue weighted by Gasteiger charge is 2.40. The SMILES string of the molecule is CC1CCN(C(C)(C)C(C)(C)O)CC1. The van der Waals surface area contributed by atoms with Gasteiger partial charge in [-0.1, -0.05) is 6.92 Å². The summed E-state index contributed by atoms with van der Waals surface area (Å²) in [5, 5.41) is 10.1. The third-order valence-corrected chi connectivity index (χ3v) is 4.07. The van der Waals surface area contributed by atoms with Crippen molar-refractivity contribution in [3.63, 3.8) is 0 Å². The van der Waals surface area contributed by atoms with Crippen LogP contribution in [0, 0.1) is 5.92 Å². The first-order valence-electron chi connectivity index (χ1n) is 5.72. The van der Waals surface area contributed by atoms with E-state index in [1.165, 1.54) is 12.8 Å². The van der Waals surface area contributed by atoms with E-state index in [1.54, 1.807) is 0 Å². The molecule has 84 valence electrons. The molecule has 0 aromatic heterocycles. The quantitative estimate of drug-likeness (QED) is 0.737. The zero-order chi connectivity index (χ0) is 11.0. The van der Waals surface area contributed by atoms with E-state index < -0.39 is 5.60 Å². The maximum Gasteiger partial charge on any atom is 0.0769 e. The molecule has 1 N–H and O–H groups in total. The minimum atomic E-state index is -0.631. The van der Waals surface area contributed by atoms with Gasteiger partial charge in [0.15, 0.2) is 0 Å². The molecule has 0 aliphatic carbocycles. The minimum Gasteiger partial charge on any atom is -0.389 e. The molecule has 1 aliphatic rings. The Labute approximate surface area is 88.3 Å². The normalized spacial score (nSPS) is 22.7. The first-order valence-corrected chi connectivity index (χ1v) is 5.72. The molecule has 1 rings (SSSR count). The zero-order valence-corrected chi connectivity index (χ0v) is 10.3. The molecule has 14 heavy (non-hydrogen) atoms. The van der Waals surface area contributed by atoms with Gasteiger partial charge in [0.2, 0.25) is 0 Å². The van der Waals surface area contributed by atoms with Crippen LogP contribution in [-0.4, -0.2) is 34.2 Å². The Bertz CT molecular complexity index is 185. The van der Waals surface area contributed by atoms with Gasteiger partial charge in [-0.2, -0.15) is 0 Å². The fraction of sp³-hybridized carbons (Fsp3) is 1.00. The van der Waals surface area contributed by atoms with Crippen LogP contribution in [0.3, 0.4) is 0 Å². The smallest absolute Gasteiger partial charge is 0.0769 e. The zero-order valence-electron chi connectivity index (χ0n) is 10.3. The van der Waals surface area contributed by atoms with Gasteiger partial charge in [-0.15, -0.1) is 0 Å². The van der Waals surface area contributed by atoms with Crippen molar-refractivity contribution in [1.82, 2.24) is 4.90 Å². The van der Waals surface area contributed by atoms with Gasteiger partial charge in [-0.3, -0.25) is 4.90 Å². The number of hydrogen-bond acceptors (Lipinski definition) is 2. The Hall–Kier alpha value is -0.0800. The molecule has 0 unspecified atom stereocenters. The van der Waals surface area contributed by atoms with Gasteiger partial charge in [-0.25, -0.2) is 0 Å². The van der Waals surface area contributed by atoms with Gasteiger partial charge < -0.3 is 5.11 Å².